The highest BCUT2D eigenvalue weighted by Gasteiger charge is 2.62. The molecule has 0 aromatic rings. The molecule has 0 N–H and O–H groups in total. The van der Waals surface area contributed by atoms with Gasteiger partial charge in [-0.2, -0.15) is 0 Å². The fraction of sp³-hybridized carbons (Fsp3) is 1.00. The Morgan fingerprint density at radius 1 is 1.15 bits per heavy atom. The van der Waals surface area contributed by atoms with Crippen LogP contribution in [0, 0.1) is 28.6 Å². The van der Waals surface area contributed by atoms with Crippen LogP contribution in [0.15, 0.2) is 0 Å². The van der Waals surface area contributed by atoms with Crippen molar-refractivity contribution in [1.29, 1.82) is 0 Å². The summed E-state index contributed by atoms with van der Waals surface area (Å²) in [6.07, 6.45) is 1.35. The van der Waals surface area contributed by atoms with Gasteiger partial charge in [0.1, 0.15) is 0 Å². The minimum absolute atomic E-state index is 0.530. The smallest absolute Gasteiger partial charge is 0.0218 e. The van der Waals surface area contributed by atoms with Gasteiger partial charge in [0.25, 0.3) is 0 Å². The molecule has 78 valence electrons. The van der Waals surface area contributed by atoms with E-state index in [1.165, 1.54) is 6.42 Å². The van der Waals surface area contributed by atoms with Gasteiger partial charge in [-0.25, -0.2) is 0 Å². The third-order valence-electron chi connectivity index (χ3n) is 5.54. The summed E-state index contributed by atoms with van der Waals surface area (Å²) in [5, 5.41) is 0. The first kappa shape index (κ1) is 11.1. The van der Waals surface area contributed by atoms with Gasteiger partial charge in [-0.15, -0.1) is 0 Å². The highest BCUT2D eigenvalue weighted by Crippen LogP contribution is 2.68. The summed E-state index contributed by atoms with van der Waals surface area (Å²) in [6.45, 7) is 16.9. The normalized spacial score (nSPS) is 43.4. The lowest BCUT2D eigenvalue weighted by Gasteiger charge is -2.68. The average molecular weight is 182 g/mol. The summed E-state index contributed by atoms with van der Waals surface area (Å²) >= 11 is 0. The van der Waals surface area contributed by atoms with Gasteiger partial charge in [0.2, 0.25) is 0 Å². The van der Waals surface area contributed by atoms with Gasteiger partial charge >= 0.3 is 0 Å². The van der Waals surface area contributed by atoms with Gasteiger partial charge in [0.15, 0.2) is 0 Å². The summed E-state index contributed by atoms with van der Waals surface area (Å²) in [5.74, 6) is 2.64. The molecule has 0 heteroatoms. The molecule has 0 aromatic heterocycles. The van der Waals surface area contributed by atoms with Gasteiger partial charge in [0.05, 0.1) is 0 Å². The predicted molar refractivity (Wildman–Crippen MR) is 59.7 cm³/mol. The van der Waals surface area contributed by atoms with E-state index in [4.69, 9.17) is 0 Å². The molecule has 0 nitrogen and oxygen atoms in total. The Morgan fingerprint density at radius 2 is 1.62 bits per heavy atom. The molecule has 0 radical (unpaired) electrons. The fourth-order valence-electron chi connectivity index (χ4n) is 3.84. The van der Waals surface area contributed by atoms with Crippen molar-refractivity contribution in [2.75, 3.05) is 0 Å². The topological polar surface area (TPSA) is 0 Å². The van der Waals surface area contributed by atoms with E-state index in [9.17, 15) is 0 Å². The van der Waals surface area contributed by atoms with Crippen molar-refractivity contribution in [3.05, 3.63) is 0 Å². The van der Waals surface area contributed by atoms with E-state index >= 15 is 0 Å². The van der Waals surface area contributed by atoms with Crippen molar-refractivity contribution in [3.63, 3.8) is 0 Å². The third kappa shape index (κ3) is 1.10. The van der Waals surface area contributed by atoms with Crippen molar-refractivity contribution >= 4 is 0 Å². The van der Waals surface area contributed by atoms with E-state index in [-0.39, 0.29) is 0 Å². The van der Waals surface area contributed by atoms with Crippen LogP contribution in [0.4, 0.5) is 0 Å². The van der Waals surface area contributed by atoms with Crippen LogP contribution in [-0.4, -0.2) is 0 Å². The second kappa shape index (κ2) is 3.00. The van der Waals surface area contributed by atoms with Gasteiger partial charge in [-0.05, 0) is 28.6 Å². The minimum atomic E-state index is 0.530. The molecule has 0 amide bonds. The Balaban J connectivity index is 2.95. The van der Waals surface area contributed by atoms with Gasteiger partial charge in [0, 0.05) is 0 Å². The second-order valence-corrected chi connectivity index (χ2v) is 5.96. The van der Waals surface area contributed by atoms with Gasteiger partial charge in [-0.1, -0.05) is 54.9 Å². The molecule has 1 aliphatic carbocycles. The summed E-state index contributed by atoms with van der Waals surface area (Å²) in [6, 6.07) is 0. The molecule has 1 aliphatic rings. The van der Waals surface area contributed by atoms with E-state index < -0.39 is 0 Å². The zero-order chi connectivity index (χ0) is 10.4. The van der Waals surface area contributed by atoms with Crippen molar-refractivity contribution < 1.29 is 0 Å². The molecule has 0 spiro atoms. The quantitative estimate of drug-likeness (QED) is 0.595. The van der Waals surface area contributed by atoms with Crippen LogP contribution in [0.3, 0.4) is 0 Å². The SMILES string of the molecule is CCC1C(C)C(C)(C)C1(C)C(C)C. The first-order valence-electron chi connectivity index (χ1n) is 5.80. The zero-order valence-electron chi connectivity index (χ0n) is 10.4. The predicted octanol–water partition coefficient (Wildman–Crippen LogP) is 4.35. The number of hydrogen-bond donors (Lipinski definition) is 0. The monoisotopic (exact) mass is 182 g/mol. The number of hydrogen-bond acceptors (Lipinski definition) is 0. The van der Waals surface area contributed by atoms with Crippen molar-refractivity contribution in [1.82, 2.24) is 0 Å². The summed E-state index contributed by atoms with van der Waals surface area (Å²) in [7, 11) is 0. The van der Waals surface area contributed by atoms with Crippen LogP contribution in [0.2, 0.25) is 0 Å². The van der Waals surface area contributed by atoms with E-state index in [0.29, 0.717) is 10.8 Å². The van der Waals surface area contributed by atoms with E-state index in [1.807, 2.05) is 0 Å². The van der Waals surface area contributed by atoms with Crippen molar-refractivity contribution in [2.24, 2.45) is 28.6 Å². The Hall–Kier alpha value is 0. The van der Waals surface area contributed by atoms with E-state index in [1.54, 1.807) is 0 Å². The molecule has 0 saturated heterocycles. The molecule has 1 fully saturated rings. The first-order chi connectivity index (χ1) is 5.80. The summed E-state index contributed by atoms with van der Waals surface area (Å²) < 4.78 is 0. The van der Waals surface area contributed by atoms with E-state index in [2.05, 4.69) is 48.5 Å². The molecule has 1 rings (SSSR count). The molecule has 1 saturated carbocycles. The number of rotatable bonds is 2. The standard InChI is InChI=1S/C13H26/c1-8-11-10(4)12(5,6)13(11,7)9(2)3/h9-11H,8H2,1-7H3. The van der Waals surface area contributed by atoms with Gasteiger partial charge in [-0.3, -0.25) is 0 Å². The van der Waals surface area contributed by atoms with Crippen LogP contribution in [0.1, 0.15) is 54.9 Å². The molecular weight excluding hydrogens is 156 g/mol. The Morgan fingerprint density at radius 3 is 1.85 bits per heavy atom. The average Bonchev–Trinajstić information content (AvgIpc) is 2.04. The van der Waals surface area contributed by atoms with E-state index in [0.717, 1.165) is 17.8 Å². The summed E-state index contributed by atoms with van der Waals surface area (Å²) in [4.78, 5) is 0. The van der Waals surface area contributed by atoms with Crippen LogP contribution < -0.4 is 0 Å². The van der Waals surface area contributed by atoms with Crippen molar-refractivity contribution in [3.8, 4) is 0 Å². The van der Waals surface area contributed by atoms with Gasteiger partial charge < -0.3 is 0 Å². The maximum absolute atomic E-state index is 2.49. The molecule has 3 atom stereocenters. The zero-order valence-corrected chi connectivity index (χ0v) is 10.4. The minimum Gasteiger partial charge on any atom is -0.0651 e. The third-order valence-corrected chi connectivity index (χ3v) is 5.54. The maximum atomic E-state index is 2.49. The maximum Gasteiger partial charge on any atom is -0.0218 e. The Kier molecular flexibility index (Phi) is 2.56. The lowest BCUT2D eigenvalue weighted by atomic mass is 9.37. The lowest BCUT2D eigenvalue weighted by molar-refractivity contribution is -0.198. The highest BCUT2D eigenvalue weighted by atomic mass is 14.7. The molecule has 0 bridgehead atoms. The fourth-order valence-corrected chi connectivity index (χ4v) is 3.84. The van der Waals surface area contributed by atoms with Crippen LogP contribution in [0.25, 0.3) is 0 Å². The van der Waals surface area contributed by atoms with Crippen molar-refractivity contribution in [2.45, 2.75) is 54.9 Å². The second-order valence-electron chi connectivity index (χ2n) is 5.96. The molecule has 0 heterocycles. The van der Waals surface area contributed by atoms with Crippen LogP contribution >= 0.6 is 0 Å². The molecular formula is C13H26. The largest absolute Gasteiger partial charge is 0.0651 e. The highest BCUT2D eigenvalue weighted by molar-refractivity contribution is 5.10. The summed E-state index contributed by atoms with van der Waals surface area (Å²) in [5.41, 5.74) is 1.09. The Labute approximate surface area is 84.1 Å². The lowest BCUT2D eigenvalue weighted by Crippen LogP contribution is -2.62. The molecule has 13 heavy (non-hydrogen) atoms. The van der Waals surface area contributed by atoms with Crippen LogP contribution in [-0.2, 0) is 0 Å². The first-order valence-corrected chi connectivity index (χ1v) is 5.80. The molecule has 3 unspecified atom stereocenters. The molecule has 0 aromatic carbocycles. The Bertz CT molecular complexity index is 190. The van der Waals surface area contributed by atoms with Crippen LogP contribution in [0.5, 0.6) is 0 Å². The molecule has 0 aliphatic heterocycles.